The summed E-state index contributed by atoms with van der Waals surface area (Å²) in [4.78, 5) is 23.7. The number of carbonyl (C=O) groups excluding carboxylic acids is 1. The number of hydrogen-bond donors (Lipinski definition) is 1. The minimum absolute atomic E-state index is 0.138. The predicted molar refractivity (Wildman–Crippen MR) is 169 cm³/mol. The van der Waals surface area contributed by atoms with Crippen LogP contribution in [0.25, 0.3) is 0 Å². The number of nitrogens with one attached hydrogen (secondary N) is 1. The van der Waals surface area contributed by atoms with Gasteiger partial charge in [-0.2, -0.15) is 79.0 Å². The van der Waals surface area contributed by atoms with Gasteiger partial charge in [-0.3, -0.25) is 10.1 Å². The zero-order valence-corrected chi connectivity index (χ0v) is 32.3. The Morgan fingerprint density at radius 3 is 1.41 bits per heavy atom. The Morgan fingerprint density at radius 2 is 1.07 bits per heavy atom. The van der Waals surface area contributed by atoms with Crippen molar-refractivity contribution in [3.8, 4) is 0 Å². The Labute approximate surface area is 324 Å². The first kappa shape index (κ1) is 53.7. The van der Waals surface area contributed by atoms with Crippen LogP contribution in [0.3, 0.4) is 0 Å². The van der Waals surface area contributed by atoms with Crippen LogP contribution in [0.4, 0.5) is 89.5 Å². The lowest BCUT2D eigenvalue weighted by Gasteiger charge is -2.34. The van der Waals surface area contributed by atoms with Gasteiger partial charge in [0.25, 0.3) is 5.69 Å². The number of nitro benzene ring substituents is 1. The minimum Gasteiger partial charge on any atom is -0.441 e. The number of benzene rings is 1. The molecule has 0 saturated heterocycles. The van der Waals surface area contributed by atoms with Crippen LogP contribution in [0.5, 0.6) is 0 Å². The van der Waals surface area contributed by atoms with Gasteiger partial charge in [0, 0.05) is 52.8 Å². The zero-order chi connectivity index (χ0) is 46.4. The third kappa shape index (κ3) is 11.8. The monoisotopic (exact) mass is 920 g/mol. The van der Waals surface area contributed by atoms with Gasteiger partial charge in [-0.05, 0) is 55.2 Å². The number of aryl methyl sites for hydroxylation is 2. The Balaban J connectivity index is 3.68. The van der Waals surface area contributed by atoms with Crippen LogP contribution in [-0.4, -0.2) is 95.6 Å². The van der Waals surface area contributed by atoms with E-state index in [0.717, 1.165) is 0 Å². The Morgan fingerprint density at radius 1 is 0.678 bits per heavy atom. The van der Waals surface area contributed by atoms with Gasteiger partial charge in [-0.15, -0.1) is 0 Å². The van der Waals surface area contributed by atoms with Crippen LogP contribution >= 0.6 is 0 Å². The minimum atomic E-state index is -7.28. The van der Waals surface area contributed by atoms with E-state index in [2.05, 4.69) is 5.32 Å². The van der Waals surface area contributed by atoms with Gasteiger partial charge in [-0.25, -0.2) is 4.79 Å². The molecule has 0 aliphatic rings. The number of nitro groups is 1. The van der Waals surface area contributed by atoms with E-state index in [4.69, 9.17) is 18.0 Å². The molecule has 344 valence electrons. The molecular weight excluding hydrogens is 882 g/mol. The fourth-order valence-electron chi connectivity index (χ4n) is 5.45. The Hall–Kier alpha value is -3.27. The molecule has 9 nitrogen and oxygen atoms in total. The second-order valence-electron chi connectivity index (χ2n) is 13.2. The molecule has 0 bridgehead atoms. The summed E-state index contributed by atoms with van der Waals surface area (Å²) < 4.78 is 263. The van der Waals surface area contributed by atoms with Crippen LogP contribution < -0.4 is 5.32 Å². The van der Waals surface area contributed by atoms with Gasteiger partial charge in [-0.1, -0.05) is 13.8 Å². The van der Waals surface area contributed by atoms with Crippen molar-refractivity contribution in [3.63, 3.8) is 0 Å². The van der Waals surface area contributed by atoms with E-state index in [1.807, 2.05) is 0 Å². The molecule has 0 aromatic heterocycles. The predicted octanol–water partition coefficient (Wildman–Crippen LogP) is 10.9. The number of amides is 1. The summed E-state index contributed by atoms with van der Waals surface area (Å²) >= 11 is 0. The van der Waals surface area contributed by atoms with E-state index < -0.39 is 141 Å². The second kappa shape index (κ2) is 19.2. The van der Waals surface area contributed by atoms with Crippen molar-refractivity contribution in [1.82, 2.24) is 5.32 Å². The number of hydrogen-bond acceptors (Lipinski definition) is 7. The maximum absolute atomic E-state index is 14.3. The summed E-state index contributed by atoms with van der Waals surface area (Å²) in [6, 6.07) is 1.21. The van der Waals surface area contributed by atoms with Crippen molar-refractivity contribution in [2.75, 3.05) is 27.9 Å². The average molecular weight is 921 g/mol. The lowest BCUT2D eigenvalue weighted by atomic mass is 9.88. The lowest BCUT2D eigenvalue weighted by Crippen LogP contribution is -2.60. The Kier molecular flexibility index (Phi) is 17.5. The largest absolute Gasteiger partial charge is 0.500 e. The summed E-state index contributed by atoms with van der Waals surface area (Å²) in [5.74, 6) is -41.9. The smallest absolute Gasteiger partial charge is 0.441 e. The third-order valence-electron chi connectivity index (χ3n) is 8.85. The van der Waals surface area contributed by atoms with Crippen molar-refractivity contribution >= 4 is 20.6 Å². The van der Waals surface area contributed by atoms with Crippen LogP contribution in [0.1, 0.15) is 68.7 Å². The van der Waals surface area contributed by atoms with E-state index in [9.17, 15) is 93.9 Å². The molecule has 0 aliphatic carbocycles. The van der Waals surface area contributed by atoms with Crippen molar-refractivity contribution < 1.29 is 107 Å². The van der Waals surface area contributed by atoms with Gasteiger partial charge in [0.05, 0.1) is 10.5 Å². The van der Waals surface area contributed by atoms with Crippen molar-refractivity contribution in [3.05, 3.63) is 38.9 Å². The molecule has 1 N–H and O–H groups in total. The van der Waals surface area contributed by atoms with Crippen LogP contribution in [0, 0.1) is 16.0 Å². The Bertz CT molecular complexity index is 1560. The molecule has 1 atom stereocenters. The van der Waals surface area contributed by atoms with Crippen molar-refractivity contribution in [2.45, 2.75) is 119 Å². The van der Waals surface area contributed by atoms with Gasteiger partial charge >= 0.3 is 62.8 Å². The third-order valence-corrected chi connectivity index (χ3v) is 11.7. The van der Waals surface area contributed by atoms with Crippen molar-refractivity contribution in [2.24, 2.45) is 5.92 Å². The molecule has 1 aromatic carbocycles. The maximum atomic E-state index is 14.3. The fraction of sp³-hybridized carbons (Fsp3) is 0.774. The summed E-state index contributed by atoms with van der Waals surface area (Å²) in [5, 5.41) is 14.4. The lowest BCUT2D eigenvalue weighted by molar-refractivity contribution is -0.396. The molecule has 1 aromatic rings. The number of alkyl halides is 18. The molecule has 1 unspecified atom stereocenters. The van der Waals surface area contributed by atoms with Crippen LogP contribution in [0.2, 0.25) is 6.04 Å². The van der Waals surface area contributed by atoms with Crippen LogP contribution in [-0.2, 0) is 30.9 Å². The molecule has 0 spiro atoms. The molecule has 0 aliphatic heterocycles. The van der Waals surface area contributed by atoms with Crippen LogP contribution in [0.15, 0.2) is 12.1 Å². The van der Waals surface area contributed by atoms with E-state index in [0.29, 0.717) is 12.1 Å². The molecule has 59 heavy (non-hydrogen) atoms. The number of ether oxygens (including phenoxy) is 1. The van der Waals surface area contributed by atoms with Gasteiger partial charge in [0.15, 0.2) is 0 Å². The quantitative estimate of drug-likeness (QED) is 0.0383. The first-order valence-corrected chi connectivity index (χ1v) is 18.7. The topological polar surface area (TPSA) is 109 Å². The highest BCUT2D eigenvalue weighted by Gasteiger charge is 2.82. The number of rotatable bonds is 23. The first-order valence-electron chi connectivity index (χ1n) is 16.8. The molecule has 1 amide bonds. The summed E-state index contributed by atoms with van der Waals surface area (Å²) in [7, 11) is 0.758. The van der Waals surface area contributed by atoms with Gasteiger partial charge in [0.2, 0.25) is 0 Å². The first-order chi connectivity index (χ1) is 26.5. The van der Waals surface area contributed by atoms with E-state index in [1.54, 1.807) is 0 Å². The molecule has 0 fully saturated rings. The highest BCUT2D eigenvalue weighted by Crippen LogP contribution is 2.56. The van der Waals surface area contributed by atoms with Gasteiger partial charge < -0.3 is 23.3 Å². The normalized spacial score (nSPS) is 14.8. The molecular formula is C31H38F18N2O7Si. The van der Waals surface area contributed by atoms with E-state index >= 15 is 0 Å². The highest BCUT2D eigenvalue weighted by atomic mass is 28.4. The summed E-state index contributed by atoms with van der Waals surface area (Å²) in [5.41, 5.74) is -3.11. The standard InChI is InChI=1S/C31H38F18N2O7Si/c1-17(2)22(58-23(52)50-13-8-14-59(55-3,56-4)57-5)20-15-18(9-6-11-24(32,33)26(36,37)28(40,41)30(44,45)46)19(16-21(20)51(53)54)10-7-12-25(34,35)27(38,39)29(42,43)31(47,48)49/h15-17,22H,6-14H2,1-5H3,(H,50,52). The molecule has 28 heteroatoms. The average Bonchev–Trinajstić information content (AvgIpc) is 3.09. The maximum Gasteiger partial charge on any atom is 0.500 e. The number of halogens is 18. The molecule has 0 radical (unpaired) electrons. The number of nitrogens with zero attached hydrogens (tertiary/aromatic N) is 1. The SMILES string of the molecule is CO[Si](CCCNC(=O)OC(c1cc(CCCC(F)(F)C(F)(F)C(F)(F)C(F)(F)F)c(CCCC(F)(F)C(F)(F)C(F)(F)C(F)(F)F)cc1[N+](=O)[O-])C(C)C)(OC)OC. The van der Waals surface area contributed by atoms with E-state index in [1.165, 1.54) is 35.2 Å². The molecule has 0 heterocycles. The molecule has 1 rings (SSSR count). The summed E-state index contributed by atoms with van der Waals surface area (Å²) in [6.07, 6.45) is -27.5. The van der Waals surface area contributed by atoms with Gasteiger partial charge in [0.1, 0.15) is 6.10 Å². The second-order valence-corrected chi connectivity index (χ2v) is 16.3. The zero-order valence-electron chi connectivity index (χ0n) is 31.3. The highest BCUT2D eigenvalue weighted by molar-refractivity contribution is 6.60. The van der Waals surface area contributed by atoms with Crippen molar-refractivity contribution in [1.29, 1.82) is 0 Å². The fourth-order valence-corrected chi connectivity index (χ4v) is 7.17. The van der Waals surface area contributed by atoms with E-state index in [-0.39, 0.29) is 19.0 Å². The molecule has 0 saturated carbocycles. The summed E-state index contributed by atoms with van der Waals surface area (Å²) in [6.45, 7) is 2.44. The number of alkyl carbamates (subject to hydrolysis) is 1. The number of carbonyl (C=O) groups is 1.